The molecule has 0 aliphatic rings. The predicted octanol–water partition coefficient (Wildman–Crippen LogP) is 1.85. The molecule has 0 spiro atoms. The topological polar surface area (TPSA) is 159 Å². The molecule has 1 aromatic carbocycles. The lowest BCUT2D eigenvalue weighted by Gasteiger charge is -2.08. The smallest absolute Gasteiger partial charge is 0.294 e. The summed E-state index contributed by atoms with van der Waals surface area (Å²) in [7, 11) is 0. The number of pyridine rings is 1. The van der Waals surface area contributed by atoms with Crippen LogP contribution in [0.3, 0.4) is 0 Å². The third kappa shape index (κ3) is 4.14. The number of ether oxygens (including phenoxy) is 1. The molecule has 32 heavy (non-hydrogen) atoms. The van der Waals surface area contributed by atoms with Crippen molar-refractivity contribution in [2.45, 2.75) is 13.8 Å². The van der Waals surface area contributed by atoms with Crippen molar-refractivity contribution in [3.05, 3.63) is 60.0 Å². The second-order valence-electron chi connectivity index (χ2n) is 6.48. The molecule has 0 radical (unpaired) electrons. The van der Waals surface area contributed by atoms with Gasteiger partial charge in [0.25, 0.3) is 5.91 Å². The summed E-state index contributed by atoms with van der Waals surface area (Å²) in [6.07, 6.45) is 1.64. The van der Waals surface area contributed by atoms with Gasteiger partial charge in [0.2, 0.25) is 11.6 Å². The Bertz CT molecular complexity index is 1250. The molecule has 4 aromatic rings. The molecule has 0 fully saturated rings. The van der Waals surface area contributed by atoms with Crippen LogP contribution in [-0.2, 0) is 0 Å². The van der Waals surface area contributed by atoms with Crippen molar-refractivity contribution >= 4 is 17.4 Å². The zero-order chi connectivity index (χ0) is 22.5. The summed E-state index contributed by atoms with van der Waals surface area (Å²) in [4.78, 5) is 17.1. The molecule has 3 heterocycles. The lowest BCUT2D eigenvalue weighted by Crippen LogP contribution is -2.21. The summed E-state index contributed by atoms with van der Waals surface area (Å²) in [6, 6.07) is 12.5. The zero-order valence-corrected chi connectivity index (χ0v) is 17.3. The quantitative estimate of drug-likeness (QED) is 0.327. The molecule has 12 nitrogen and oxygen atoms in total. The van der Waals surface area contributed by atoms with Crippen molar-refractivity contribution in [2.24, 2.45) is 5.10 Å². The Labute approximate surface area is 182 Å². The molecule has 0 aliphatic carbocycles. The van der Waals surface area contributed by atoms with Gasteiger partial charge >= 0.3 is 0 Å². The van der Waals surface area contributed by atoms with E-state index in [0.29, 0.717) is 35.0 Å². The van der Waals surface area contributed by atoms with Gasteiger partial charge in [0.15, 0.2) is 5.69 Å². The summed E-state index contributed by atoms with van der Waals surface area (Å²) in [5.41, 5.74) is 10.4. The average Bonchev–Trinajstić information content (AvgIpc) is 3.44. The Morgan fingerprint density at radius 3 is 2.69 bits per heavy atom. The molecule has 3 aromatic heterocycles. The van der Waals surface area contributed by atoms with E-state index in [9.17, 15) is 4.79 Å². The summed E-state index contributed by atoms with van der Waals surface area (Å²) >= 11 is 0. The maximum Gasteiger partial charge on any atom is 0.294 e. The van der Waals surface area contributed by atoms with Crippen molar-refractivity contribution in [3.63, 3.8) is 0 Å². The van der Waals surface area contributed by atoms with Gasteiger partial charge in [-0.05, 0) is 60.6 Å². The number of hydrazone groups is 1. The van der Waals surface area contributed by atoms with Crippen LogP contribution in [0.25, 0.3) is 17.1 Å². The standard InChI is InChI=1S/C20H19N9O3/c1-3-31-14-9-7-13(8-10-14)17-16(24-28-29(17)19-18(21)26-32-27-19)20(30)25-23-12(2)15-6-4-5-11-22-15/h4-11H,3H2,1-2H3,(H2,21,26)(H,25,30). The van der Waals surface area contributed by atoms with E-state index in [4.69, 9.17) is 10.5 Å². The minimum absolute atomic E-state index is 0.00179. The van der Waals surface area contributed by atoms with Crippen LogP contribution < -0.4 is 15.9 Å². The number of carbonyl (C=O) groups excluding carboxylic acids is 1. The number of rotatable bonds is 7. The van der Waals surface area contributed by atoms with Crippen LogP contribution in [0.15, 0.2) is 58.4 Å². The molecule has 0 saturated heterocycles. The van der Waals surface area contributed by atoms with Gasteiger partial charge in [0.05, 0.1) is 18.0 Å². The van der Waals surface area contributed by atoms with Gasteiger partial charge in [-0.2, -0.15) is 9.78 Å². The summed E-state index contributed by atoms with van der Waals surface area (Å²) in [5, 5.41) is 19.5. The lowest BCUT2D eigenvalue weighted by molar-refractivity contribution is 0.0950. The summed E-state index contributed by atoms with van der Waals surface area (Å²) in [5.74, 6) is 0.205. The van der Waals surface area contributed by atoms with Gasteiger partial charge in [0, 0.05) is 11.8 Å². The highest BCUT2D eigenvalue weighted by Gasteiger charge is 2.25. The van der Waals surface area contributed by atoms with Crippen LogP contribution in [0.5, 0.6) is 5.75 Å². The molecule has 0 bridgehead atoms. The van der Waals surface area contributed by atoms with Gasteiger partial charge < -0.3 is 10.5 Å². The fourth-order valence-electron chi connectivity index (χ4n) is 2.88. The first-order chi connectivity index (χ1) is 15.6. The molecule has 3 N–H and O–H groups in total. The number of nitrogens with two attached hydrogens (primary N) is 1. The number of nitrogens with zero attached hydrogens (tertiary/aromatic N) is 7. The Balaban J connectivity index is 1.71. The van der Waals surface area contributed by atoms with Crippen LogP contribution in [-0.4, -0.2) is 48.5 Å². The first-order valence-corrected chi connectivity index (χ1v) is 9.61. The van der Waals surface area contributed by atoms with E-state index in [1.165, 1.54) is 4.68 Å². The summed E-state index contributed by atoms with van der Waals surface area (Å²) < 4.78 is 11.4. The van der Waals surface area contributed by atoms with E-state index in [0.717, 1.165) is 0 Å². The number of amides is 1. The van der Waals surface area contributed by atoms with Crippen LogP contribution in [0, 0.1) is 0 Å². The number of nitrogens with one attached hydrogen (secondary N) is 1. The molecule has 4 rings (SSSR count). The Morgan fingerprint density at radius 1 is 1.22 bits per heavy atom. The number of carbonyl (C=O) groups is 1. The average molecular weight is 433 g/mol. The maximum absolute atomic E-state index is 12.9. The first-order valence-electron chi connectivity index (χ1n) is 9.61. The number of hydrogen-bond acceptors (Lipinski definition) is 10. The molecule has 162 valence electrons. The SMILES string of the molecule is CCOc1ccc(-c2c(C(=O)NN=C(C)c3ccccn3)nnn2-c2nonc2N)cc1. The van der Waals surface area contributed by atoms with Crippen molar-refractivity contribution in [2.75, 3.05) is 12.3 Å². The zero-order valence-electron chi connectivity index (χ0n) is 17.3. The number of hydrogen-bond donors (Lipinski definition) is 2. The third-order valence-electron chi connectivity index (χ3n) is 4.38. The van der Waals surface area contributed by atoms with Crippen LogP contribution in [0.4, 0.5) is 5.82 Å². The number of anilines is 1. The van der Waals surface area contributed by atoms with E-state index < -0.39 is 5.91 Å². The van der Waals surface area contributed by atoms with Crippen molar-refractivity contribution in [3.8, 4) is 22.8 Å². The molecule has 0 aliphatic heterocycles. The largest absolute Gasteiger partial charge is 0.494 e. The Morgan fingerprint density at radius 2 is 2.03 bits per heavy atom. The van der Waals surface area contributed by atoms with E-state index in [-0.39, 0.29) is 17.3 Å². The van der Waals surface area contributed by atoms with Gasteiger partial charge in [-0.1, -0.05) is 11.3 Å². The van der Waals surface area contributed by atoms with Crippen LogP contribution in [0.2, 0.25) is 0 Å². The van der Waals surface area contributed by atoms with E-state index in [1.807, 2.05) is 13.0 Å². The normalized spacial score (nSPS) is 11.4. The highest BCUT2D eigenvalue weighted by Crippen LogP contribution is 2.28. The fourth-order valence-corrected chi connectivity index (χ4v) is 2.88. The first kappa shape index (κ1) is 20.7. The second kappa shape index (κ2) is 9.04. The Kier molecular flexibility index (Phi) is 5.83. The molecule has 1 amide bonds. The number of benzene rings is 1. The minimum atomic E-state index is -0.578. The van der Waals surface area contributed by atoms with Crippen molar-refractivity contribution < 1.29 is 14.2 Å². The minimum Gasteiger partial charge on any atom is -0.494 e. The molecule has 12 heteroatoms. The van der Waals surface area contributed by atoms with E-state index in [1.54, 1.807) is 49.5 Å². The molecular weight excluding hydrogens is 414 g/mol. The molecule has 0 saturated carbocycles. The van der Waals surface area contributed by atoms with E-state index in [2.05, 4.69) is 40.8 Å². The third-order valence-corrected chi connectivity index (χ3v) is 4.38. The summed E-state index contributed by atoms with van der Waals surface area (Å²) in [6.45, 7) is 4.15. The molecular formula is C20H19N9O3. The van der Waals surface area contributed by atoms with Gasteiger partial charge in [0.1, 0.15) is 11.4 Å². The second-order valence-corrected chi connectivity index (χ2v) is 6.48. The Hall–Kier alpha value is -4.61. The van der Waals surface area contributed by atoms with E-state index >= 15 is 0 Å². The number of aromatic nitrogens is 6. The highest BCUT2D eigenvalue weighted by molar-refractivity contribution is 6.01. The van der Waals surface area contributed by atoms with Crippen LogP contribution >= 0.6 is 0 Å². The van der Waals surface area contributed by atoms with Gasteiger partial charge in [-0.25, -0.2) is 10.1 Å². The van der Waals surface area contributed by atoms with Gasteiger partial charge in [-0.3, -0.25) is 9.78 Å². The molecule has 0 atom stereocenters. The van der Waals surface area contributed by atoms with Crippen LogP contribution in [0.1, 0.15) is 30.0 Å². The highest BCUT2D eigenvalue weighted by atomic mass is 16.6. The maximum atomic E-state index is 12.9. The van der Waals surface area contributed by atoms with Gasteiger partial charge in [-0.15, -0.1) is 5.10 Å². The molecule has 0 unspecified atom stereocenters. The number of nitrogen functional groups attached to an aromatic ring is 1. The fraction of sp³-hybridized carbons (Fsp3) is 0.150. The van der Waals surface area contributed by atoms with Crippen molar-refractivity contribution in [1.82, 2.24) is 35.7 Å². The predicted molar refractivity (Wildman–Crippen MR) is 114 cm³/mol. The monoisotopic (exact) mass is 433 g/mol. The lowest BCUT2D eigenvalue weighted by atomic mass is 10.1. The van der Waals surface area contributed by atoms with Crippen molar-refractivity contribution in [1.29, 1.82) is 0 Å².